The van der Waals surface area contributed by atoms with E-state index in [0.29, 0.717) is 10.0 Å². The first kappa shape index (κ1) is 19.2. The molecule has 9 heteroatoms. The summed E-state index contributed by atoms with van der Waals surface area (Å²) < 4.78 is 44.8. The van der Waals surface area contributed by atoms with E-state index in [1.165, 1.54) is 49.6 Å². The minimum Gasteiger partial charge on any atom is -0.496 e. The number of benzene rings is 2. The van der Waals surface area contributed by atoms with Gasteiger partial charge >= 0.3 is 6.18 Å². The highest BCUT2D eigenvalue weighted by Gasteiger charge is 2.53. The molecule has 142 valence electrons. The fourth-order valence-electron chi connectivity index (χ4n) is 2.79. The highest BCUT2D eigenvalue weighted by atomic mass is 35.5. The van der Waals surface area contributed by atoms with Crippen molar-refractivity contribution in [2.75, 3.05) is 7.11 Å². The summed E-state index contributed by atoms with van der Waals surface area (Å²) in [6.07, 6.45) is -5.70. The van der Waals surface area contributed by atoms with Crippen LogP contribution in [-0.2, 0) is 5.72 Å². The molecule has 2 aromatic carbocycles. The summed E-state index contributed by atoms with van der Waals surface area (Å²) in [6, 6.07) is 11.5. The van der Waals surface area contributed by atoms with Crippen LogP contribution in [0, 0.1) is 0 Å². The molecule has 0 aliphatic carbocycles. The Morgan fingerprint density at radius 3 is 2.44 bits per heavy atom. The minimum atomic E-state index is -4.80. The van der Waals surface area contributed by atoms with Crippen LogP contribution >= 0.6 is 11.6 Å². The number of hydrogen-bond acceptors (Lipinski definition) is 4. The molecule has 0 unspecified atom stereocenters. The molecule has 0 radical (unpaired) electrons. The van der Waals surface area contributed by atoms with E-state index in [1.54, 1.807) is 6.07 Å². The number of carbonyl (C=O) groups excluding carboxylic acids is 1. The van der Waals surface area contributed by atoms with Gasteiger partial charge in [0, 0.05) is 10.6 Å². The van der Waals surface area contributed by atoms with Crippen LogP contribution < -0.4 is 4.74 Å². The number of carbonyl (C=O) groups is 1. The second-order valence-electron chi connectivity index (χ2n) is 5.86. The van der Waals surface area contributed by atoms with Crippen LogP contribution in [0.3, 0.4) is 0 Å². The maximum atomic E-state index is 13.2. The standard InChI is InChI=1S/C18H14ClF3N2O3/c1-27-14-5-3-2-4-13(14)16(25)24-17(26,10-15(23-24)18(20,21)22)11-6-8-12(19)9-7-11/h2-9,26H,10H2,1H3/t17-/m0/s1. The van der Waals surface area contributed by atoms with E-state index in [4.69, 9.17) is 16.3 Å². The Balaban J connectivity index is 2.11. The number of nitrogens with zero attached hydrogens (tertiary/aromatic N) is 2. The van der Waals surface area contributed by atoms with Crippen LogP contribution in [0.5, 0.6) is 5.75 Å². The van der Waals surface area contributed by atoms with Crippen LogP contribution in [0.2, 0.25) is 5.02 Å². The fourth-order valence-corrected chi connectivity index (χ4v) is 2.92. The zero-order valence-electron chi connectivity index (χ0n) is 14.0. The molecule has 0 fully saturated rings. The number of ether oxygens (including phenoxy) is 1. The van der Waals surface area contributed by atoms with Crippen molar-refractivity contribution in [3.05, 3.63) is 64.7 Å². The Morgan fingerprint density at radius 2 is 1.85 bits per heavy atom. The lowest BCUT2D eigenvalue weighted by Crippen LogP contribution is -2.43. The number of amides is 1. The molecule has 0 spiro atoms. The van der Waals surface area contributed by atoms with E-state index < -0.39 is 29.9 Å². The molecule has 0 bridgehead atoms. The molecule has 0 saturated carbocycles. The molecule has 5 nitrogen and oxygen atoms in total. The summed E-state index contributed by atoms with van der Waals surface area (Å²) in [5.41, 5.74) is -3.55. The van der Waals surface area contributed by atoms with Gasteiger partial charge in [0.15, 0.2) is 5.72 Å². The third kappa shape index (κ3) is 3.50. The largest absolute Gasteiger partial charge is 0.496 e. The monoisotopic (exact) mass is 398 g/mol. The summed E-state index contributed by atoms with van der Waals surface area (Å²) in [5, 5.41) is 15.2. The lowest BCUT2D eigenvalue weighted by atomic mass is 9.96. The maximum Gasteiger partial charge on any atom is 0.431 e. The summed E-state index contributed by atoms with van der Waals surface area (Å²) in [5.74, 6) is -0.777. The number of hydrazone groups is 1. The third-order valence-electron chi connectivity index (χ3n) is 4.15. The van der Waals surface area contributed by atoms with E-state index in [2.05, 4.69) is 5.10 Å². The molecular weight excluding hydrogens is 385 g/mol. The van der Waals surface area contributed by atoms with Crippen molar-refractivity contribution >= 4 is 23.2 Å². The molecule has 1 heterocycles. The van der Waals surface area contributed by atoms with Crippen molar-refractivity contribution in [1.29, 1.82) is 0 Å². The van der Waals surface area contributed by atoms with Crippen LogP contribution in [0.4, 0.5) is 13.2 Å². The minimum absolute atomic E-state index is 0.0282. The van der Waals surface area contributed by atoms with Gasteiger partial charge in [-0.2, -0.15) is 23.3 Å². The number of methoxy groups -OCH3 is 1. The van der Waals surface area contributed by atoms with Crippen LogP contribution in [0.25, 0.3) is 0 Å². The Kier molecular flexibility index (Phi) is 4.88. The zero-order chi connectivity index (χ0) is 19.8. The molecule has 1 atom stereocenters. The Morgan fingerprint density at radius 1 is 1.22 bits per heavy atom. The third-order valence-corrected chi connectivity index (χ3v) is 4.40. The molecule has 1 aliphatic rings. The molecule has 1 N–H and O–H groups in total. The highest BCUT2D eigenvalue weighted by molar-refractivity contribution is 6.30. The molecule has 0 aromatic heterocycles. The Hall–Kier alpha value is -2.58. The van der Waals surface area contributed by atoms with Gasteiger partial charge in [-0.1, -0.05) is 35.9 Å². The van der Waals surface area contributed by atoms with Gasteiger partial charge in [-0.15, -0.1) is 0 Å². The van der Waals surface area contributed by atoms with Crippen molar-refractivity contribution in [3.8, 4) is 5.75 Å². The van der Waals surface area contributed by atoms with Crippen molar-refractivity contribution in [1.82, 2.24) is 5.01 Å². The van der Waals surface area contributed by atoms with Gasteiger partial charge < -0.3 is 9.84 Å². The molecule has 1 aliphatic heterocycles. The topological polar surface area (TPSA) is 62.1 Å². The quantitative estimate of drug-likeness (QED) is 0.851. The van der Waals surface area contributed by atoms with E-state index in [9.17, 15) is 23.1 Å². The van der Waals surface area contributed by atoms with Gasteiger partial charge in [-0.3, -0.25) is 4.79 Å². The first-order chi connectivity index (χ1) is 12.7. The predicted molar refractivity (Wildman–Crippen MR) is 92.6 cm³/mol. The number of halogens is 4. The first-order valence-electron chi connectivity index (χ1n) is 7.77. The van der Waals surface area contributed by atoms with Gasteiger partial charge in [0.25, 0.3) is 5.91 Å². The van der Waals surface area contributed by atoms with Crippen LogP contribution in [-0.4, -0.2) is 35.0 Å². The second kappa shape index (κ2) is 6.86. The zero-order valence-corrected chi connectivity index (χ0v) is 14.8. The number of alkyl halides is 3. The second-order valence-corrected chi connectivity index (χ2v) is 6.30. The molecule has 3 rings (SSSR count). The average Bonchev–Trinajstić information content (AvgIpc) is 3.00. The predicted octanol–water partition coefficient (Wildman–Crippen LogP) is 3.96. The molecule has 2 aromatic rings. The number of rotatable bonds is 3. The van der Waals surface area contributed by atoms with E-state index in [-0.39, 0.29) is 16.9 Å². The lowest BCUT2D eigenvalue weighted by molar-refractivity contribution is -0.0816. The molecule has 1 amide bonds. The summed E-state index contributed by atoms with van der Waals surface area (Å²) in [7, 11) is 1.33. The van der Waals surface area contributed by atoms with Gasteiger partial charge in [-0.05, 0) is 24.3 Å². The fraction of sp³-hybridized carbons (Fsp3) is 0.222. The van der Waals surface area contributed by atoms with Crippen molar-refractivity contribution in [3.63, 3.8) is 0 Å². The SMILES string of the molecule is COc1ccccc1C(=O)N1N=C(C(F)(F)F)C[C@]1(O)c1ccc(Cl)cc1. The lowest BCUT2D eigenvalue weighted by Gasteiger charge is -2.31. The van der Waals surface area contributed by atoms with Gasteiger partial charge in [0.05, 0.1) is 19.1 Å². The smallest absolute Gasteiger partial charge is 0.431 e. The Labute approximate surface area is 157 Å². The van der Waals surface area contributed by atoms with Gasteiger partial charge in [0.2, 0.25) is 0 Å². The van der Waals surface area contributed by atoms with Crippen molar-refractivity contribution in [2.24, 2.45) is 5.10 Å². The van der Waals surface area contributed by atoms with Gasteiger partial charge in [0.1, 0.15) is 11.5 Å². The normalized spacial score (nSPS) is 19.8. The van der Waals surface area contributed by atoms with Crippen LogP contribution in [0.1, 0.15) is 22.3 Å². The summed E-state index contributed by atoms with van der Waals surface area (Å²) in [4.78, 5) is 12.9. The molecule has 27 heavy (non-hydrogen) atoms. The van der Waals surface area contributed by atoms with Crippen molar-refractivity contribution in [2.45, 2.75) is 18.3 Å². The number of aliphatic hydroxyl groups is 1. The number of hydrogen-bond donors (Lipinski definition) is 1. The van der Waals surface area contributed by atoms with Gasteiger partial charge in [-0.25, -0.2) is 0 Å². The van der Waals surface area contributed by atoms with Crippen molar-refractivity contribution < 1.29 is 27.8 Å². The summed E-state index contributed by atoms with van der Waals surface area (Å²) in [6.45, 7) is 0. The number of para-hydroxylation sites is 1. The maximum absolute atomic E-state index is 13.2. The summed E-state index contributed by atoms with van der Waals surface area (Å²) >= 11 is 5.81. The highest BCUT2D eigenvalue weighted by Crippen LogP contribution is 2.41. The van der Waals surface area contributed by atoms with E-state index in [1.807, 2.05) is 0 Å². The Bertz CT molecular complexity index is 899. The van der Waals surface area contributed by atoms with E-state index >= 15 is 0 Å². The van der Waals surface area contributed by atoms with E-state index in [0.717, 1.165) is 0 Å². The molecule has 0 saturated heterocycles. The molecular formula is C18H14ClF3N2O3. The first-order valence-corrected chi connectivity index (χ1v) is 8.15. The van der Waals surface area contributed by atoms with Crippen LogP contribution in [0.15, 0.2) is 53.6 Å². The average molecular weight is 399 g/mol.